The van der Waals surface area contributed by atoms with Gasteiger partial charge in [-0.2, -0.15) is 0 Å². The van der Waals surface area contributed by atoms with Gasteiger partial charge in [0.25, 0.3) is 0 Å². The molecule has 256 valence electrons. The zero-order chi connectivity index (χ0) is 34.5. The third-order valence-electron chi connectivity index (χ3n) is 6.19. The number of nitrogens with zero attached hydrogens (tertiary/aromatic N) is 1. The highest BCUT2D eigenvalue weighted by Crippen LogP contribution is 2.06. The molecule has 0 spiro atoms. The Hall–Kier alpha value is -4.56. The molecule has 0 saturated carbocycles. The van der Waals surface area contributed by atoms with Crippen molar-refractivity contribution in [2.45, 2.75) is 82.1 Å². The number of carboxylic acid groups (broad SMARTS) is 2. The molecule has 0 aliphatic heterocycles. The van der Waals surface area contributed by atoms with E-state index in [1.54, 1.807) is 0 Å². The van der Waals surface area contributed by atoms with Gasteiger partial charge in [0, 0.05) is 13.0 Å². The second kappa shape index (κ2) is 22.0. The van der Waals surface area contributed by atoms with E-state index in [-0.39, 0.29) is 38.3 Å². The highest BCUT2D eigenvalue weighted by atomic mass is 16.4. The lowest BCUT2D eigenvalue weighted by Crippen LogP contribution is -2.59. The maximum Gasteiger partial charge on any atom is 0.326 e. The van der Waals surface area contributed by atoms with E-state index in [2.05, 4.69) is 31.6 Å². The Balaban J connectivity index is 5.64. The molecule has 5 unspecified atom stereocenters. The summed E-state index contributed by atoms with van der Waals surface area (Å²) in [6, 6.07) is -6.85. The van der Waals surface area contributed by atoms with Gasteiger partial charge in [0.1, 0.15) is 30.2 Å². The van der Waals surface area contributed by atoms with Crippen molar-refractivity contribution >= 4 is 47.4 Å². The van der Waals surface area contributed by atoms with Crippen molar-refractivity contribution in [2.75, 3.05) is 26.2 Å². The van der Waals surface area contributed by atoms with E-state index in [4.69, 9.17) is 28.0 Å². The van der Waals surface area contributed by atoms with Gasteiger partial charge in [0.2, 0.25) is 29.5 Å². The normalized spacial score (nSPS) is 14.0. The van der Waals surface area contributed by atoms with Crippen molar-refractivity contribution in [3.8, 4) is 0 Å². The first-order valence-electron chi connectivity index (χ1n) is 14.2. The van der Waals surface area contributed by atoms with Crippen molar-refractivity contribution in [2.24, 2.45) is 27.9 Å². The number of carbonyl (C=O) groups is 7. The predicted octanol–water partition coefficient (Wildman–Crippen LogP) is -5.49. The molecule has 0 radical (unpaired) electrons. The summed E-state index contributed by atoms with van der Waals surface area (Å²) in [7, 11) is 0. The van der Waals surface area contributed by atoms with Crippen LogP contribution < -0.4 is 49.5 Å². The van der Waals surface area contributed by atoms with Gasteiger partial charge >= 0.3 is 11.9 Å². The molecule has 5 atom stereocenters. The standard InChI is InChI=1S/C25H46N10O10/c1-13(20(40)34-16(24(44)45)7-8-19(38)39)31-23(43)17(12-36)35-22(42)15(6-4-10-30-25(28)29)33-21(41)14(5-2-3-9-26)32-18(37)11-27/h13-17,36H,2-12,26-27H2,1H3,(H,31,43)(H,32,37)(H,33,41)(H,34,40)(H,35,42)(H,38,39)(H,44,45)(H4,28,29,30). The SMILES string of the molecule is CC(NC(=O)C(CO)NC(=O)C(CCCN=C(N)N)NC(=O)C(CCCCN)NC(=O)CN)C(=O)NC(CCC(=O)O)C(=O)O. The molecule has 0 aliphatic carbocycles. The van der Waals surface area contributed by atoms with E-state index in [0.29, 0.717) is 19.4 Å². The summed E-state index contributed by atoms with van der Waals surface area (Å²) < 4.78 is 0. The third-order valence-corrected chi connectivity index (χ3v) is 6.19. The van der Waals surface area contributed by atoms with Crippen LogP contribution in [0.25, 0.3) is 0 Å². The summed E-state index contributed by atoms with van der Waals surface area (Å²) in [4.78, 5) is 89.3. The Morgan fingerprint density at radius 2 is 1.22 bits per heavy atom. The molecule has 0 rings (SSSR count). The molecule has 0 aliphatic rings. The molecular formula is C25H46N10O10. The summed E-state index contributed by atoms with van der Waals surface area (Å²) in [6.45, 7) is 0.334. The number of hydrogen-bond acceptors (Lipinski definition) is 11. The number of hydrogen-bond donors (Lipinski definition) is 12. The van der Waals surface area contributed by atoms with Crippen LogP contribution >= 0.6 is 0 Å². The first kappa shape index (κ1) is 40.4. The Morgan fingerprint density at radius 3 is 1.73 bits per heavy atom. The van der Waals surface area contributed by atoms with Gasteiger partial charge in [-0.1, -0.05) is 0 Å². The van der Waals surface area contributed by atoms with Crippen LogP contribution in [0.1, 0.15) is 51.9 Å². The number of aliphatic hydroxyl groups is 1. The topological polar surface area (TPSA) is 357 Å². The molecule has 0 aromatic heterocycles. The maximum absolute atomic E-state index is 13.2. The molecule has 0 fully saturated rings. The fourth-order valence-electron chi connectivity index (χ4n) is 3.73. The number of nitrogens with two attached hydrogens (primary N) is 4. The van der Waals surface area contributed by atoms with Crippen LogP contribution in [0.3, 0.4) is 0 Å². The fraction of sp³-hybridized carbons (Fsp3) is 0.680. The molecule has 0 aromatic carbocycles. The number of unbranched alkanes of at least 4 members (excludes halogenated alkanes) is 1. The van der Waals surface area contributed by atoms with Gasteiger partial charge in [0.05, 0.1) is 13.2 Å². The molecule has 20 heteroatoms. The molecule has 5 amide bonds. The smallest absolute Gasteiger partial charge is 0.326 e. The maximum atomic E-state index is 13.2. The second-order valence-corrected chi connectivity index (χ2v) is 9.92. The number of amides is 5. The van der Waals surface area contributed by atoms with Gasteiger partial charge in [-0.25, -0.2) is 4.79 Å². The molecular weight excluding hydrogens is 600 g/mol. The van der Waals surface area contributed by atoms with Gasteiger partial charge in [-0.3, -0.25) is 33.8 Å². The van der Waals surface area contributed by atoms with Gasteiger partial charge in [-0.15, -0.1) is 0 Å². The Labute approximate surface area is 259 Å². The molecule has 20 nitrogen and oxygen atoms in total. The first-order chi connectivity index (χ1) is 21.2. The number of rotatable bonds is 23. The van der Waals surface area contributed by atoms with E-state index in [0.717, 1.165) is 0 Å². The molecule has 0 aromatic rings. The van der Waals surface area contributed by atoms with Crippen molar-refractivity contribution in [3.05, 3.63) is 0 Å². The highest BCUT2D eigenvalue weighted by molar-refractivity contribution is 5.96. The van der Waals surface area contributed by atoms with Crippen LogP contribution in [-0.2, 0) is 33.6 Å². The number of nitrogens with one attached hydrogen (secondary N) is 5. The van der Waals surface area contributed by atoms with Crippen LogP contribution in [0.4, 0.5) is 0 Å². The second-order valence-electron chi connectivity index (χ2n) is 9.92. The molecule has 45 heavy (non-hydrogen) atoms. The number of carboxylic acids is 2. The van der Waals surface area contributed by atoms with Gasteiger partial charge < -0.3 is 64.8 Å². The number of aliphatic imine (C=N–C) groups is 1. The lowest BCUT2D eigenvalue weighted by Gasteiger charge is -2.25. The quantitative estimate of drug-likeness (QED) is 0.0280. The summed E-state index contributed by atoms with van der Waals surface area (Å²) in [5.41, 5.74) is 21.5. The Bertz CT molecular complexity index is 1050. The summed E-state index contributed by atoms with van der Waals surface area (Å²) in [6.07, 6.45) is 0.460. The van der Waals surface area contributed by atoms with Crippen LogP contribution in [0.5, 0.6) is 0 Å². The van der Waals surface area contributed by atoms with Crippen LogP contribution in [-0.4, -0.2) is 119 Å². The minimum Gasteiger partial charge on any atom is -0.481 e. The van der Waals surface area contributed by atoms with E-state index in [9.17, 15) is 43.8 Å². The molecule has 0 bridgehead atoms. The van der Waals surface area contributed by atoms with Gasteiger partial charge in [0.15, 0.2) is 5.96 Å². The lowest BCUT2D eigenvalue weighted by atomic mass is 10.1. The van der Waals surface area contributed by atoms with Gasteiger partial charge in [-0.05, 0) is 52.0 Å². The molecule has 16 N–H and O–H groups in total. The minimum absolute atomic E-state index is 0.0276. The van der Waals surface area contributed by atoms with E-state index in [1.807, 2.05) is 0 Å². The summed E-state index contributed by atoms with van der Waals surface area (Å²) in [5, 5.41) is 39.4. The number of aliphatic carboxylic acids is 2. The zero-order valence-electron chi connectivity index (χ0n) is 25.1. The summed E-state index contributed by atoms with van der Waals surface area (Å²) >= 11 is 0. The average Bonchev–Trinajstić information content (AvgIpc) is 2.97. The fourth-order valence-corrected chi connectivity index (χ4v) is 3.73. The predicted molar refractivity (Wildman–Crippen MR) is 159 cm³/mol. The van der Waals surface area contributed by atoms with E-state index in [1.165, 1.54) is 6.92 Å². The van der Waals surface area contributed by atoms with Crippen LogP contribution in [0.2, 0.25) is 0 Å². The zero-order valence-corrected chi connectivity index (χ0v) is 25.1. The monoisotopic (exact) mass is 646 g/mol. The highest BCUT2D eigenvalue weighted by Gasteiger charge is 2.31. The van der Waals surface area contributed by atoms with Crippen LogP contribution in [0.15, 0.2) is 4.99 Å². The van der Waals surface area contributed by atoms with Crippen molar-refractivity contribution in [1.82, 2.24) is 26.6 Å². The Kier molecular flexibility index (Phi) is 19.8. The average molecular weight is 647 g/mol. The van der Waals surface area contributed by atoms with E-state index >= 15 is 0 Å². The van der Waals surface area contributed by atoms with Crippen molar-refractivity contribution in [1.29, 1.82) is 0 Å². The number of guanidine groups is 1. The van der Waals surface area contributed by atoms with E-state index < -0.39 is 91.1 Å². The number of carbonyl (C=O) groups excluding carboxylic acids is 5. The lowest BCUT2D eigenvalue weighted by molar-refractivity contribution is -0.143. The first-order valence-corrected chi connectivity index (χ1v) is 14.2. The minimum atomic E-state index is -1.61. The third kappa shape index (κ3) is 17.4. The van der Waals surface area contributed by atoms with Crippen molar-refractivity contribution in [3.63, 3.8) is 0 Å². The molecule has 0 heterocycles. The summed E-state index contributed by atoms with van der Waals surface area (Å²) in [5.74, 6) is -7.17. The Morgan fingerprint density at radius 1 is 0.689 bits per heavy atom. The largest absolute Gasteiger partial charge is 0.481 e. The van der Waals surface area contributed by atoms with Crippen LogP contribution in [0, 0.1) is 0 Å². The number of aliphatic hydroxyl groups excluding tert-OH is 1. The van der Waals surface area contributed by atoms with Crippen molar-refractivity contribution < 1.29 is 48.9 Å². The molecule has 0 saturated heterocycles.